The second kappa shape index (κ2) is 11.9. The smallest absolute Gasteiger partial charge is 0.223 e. The predicted octanol–water partition coefficient (Wildman–Crippen LogP) is 4.57. The van der Waals surface area contributed by atoms with Crippen molar-refractivity contribution in [1.29, 1.82) is 0 Å². The molecule has 3 aromatic heterocycles. The Hall–Kier alpha value is -3.70. The van der Waals surface area contributed by atoms with Crippen molar-refractivity contribution >= 4 is 28.1 Å². The predicted molar refractivity (Wildman–Crippen MR) is 164 cm³/mol. The summed E-state index contributed by atoms with van der Waals surface area (Å²) in [5.74, 6) is 2.22. The van der Waals surface area contributed by atoms with Gasteiger partial charge in [0.05, 0.1) is 23.9 Å². The normalized spacial score (nSPS) is 18.0. The van der Waals surface area contributed by atoms with Gasteiger partial charge in [-0.25, -0.2) is 14.5 Å². The molecule has 1 aliphatic rings. The third-order valence-electron chi connectivity index (χ3n) is 8.31. The summed E-state index contributed by atoms with van der Waals surface area (Å²) in [6.07, 6.45) is 6.24. The molecule has 1 aliphatic carbocycles. The maximum atomic E-state index is 13.0. The van der Waals surface area contributed by atoms with Gasteiger partial charge in [0.25, 0.3) is 0 Å². The molecule has 1 saturated carbocycles. The first kappa shape index (κ1) is 29.8. The number of hydrogen-bond acceptors (Lipinski definition) is 8. The monoisotopic (exact) mass is 576 g/mol. The van der Waals surface area contributed by atoms with E-state index in [1.807, 2.05) is 42.6 Å². The van der Waals surface area contributed by atoms with Crippen LogP contribution in [-0.2, 0) is 9.53 Å². The molecule has 0 atom stereocenters. The van der Waals surface area contributed by atoms with Gasteiger partial charge in [-0.15, -0.1) is 0 Å². The first-order valence-corrected chi connectivity index (χ1v) is 14.8. The highest BCUT2D eigenvalue weighted by molar-refractivity contribution is 5.93. The van der Waals surface area contributed by atoms with Crippen LogP contribution < -0.4 is 21.5 Å². The van der Waals surface area contributed by atoms with Gasteiger partial charge < -0.3 is 31.2 Å². The molecule has 226 valence electrons. The molecule has 0 radical (unpaired) electrons. The number of benzene rings is 1. The Labute approximate surface area is 246 Å². The van der Waals surface area contributed by atoms with Gasteiger partial charge in [-0.1, -0.05) is 12.1 Å². The number of fused-ring (bicyclic) bond motifs is 2. The lowest BCUT2D eigenvalue weighted by atomic mass is 9.81. The van der Waals surface area contributed by atoms with Gasteiger partial charge in [0.15, 0.2) is 5.82 Å². The standard InChI is InChI=1S/C31H44N8O3/c1-30(2,33)14-16-42-31(3,4)13-15-34-29(40)20-11-9-19(10-12-20)28-38-25(26-27(32)35-18-36-39(26)28)22-17-21-7-6-8-23(41-5)24(21)37-22/h6-8,17-20,37H,9-16,33H2,1-5H3,(H,34,40)(H2,32,35,36)/t19-,20-. The Kier molecular flexibility index (Phi) is 8.43. The lowest BCUT2D eigenvalue weighted by Gasteiger charge is -2.29. The highest BCUT2D eigenvalue weighted by Crippen LogP contribution is 2.39. The minimum Gasteiger partial charge on any atom is -0.495 e. The Bertz CT molecular complexity index is 1540. The number of aromatic nitrogens is 5. The van der Waals surface area contributed by atoms with E-state index in [2.05, 4.69) is 34.2 Å². The quantitative estimate of drug-likeness (QED) is 0.202. The van der Waals surface area contributed by atoms with E-state index in [1.165, 1.54) is 6.33 Å². The van der Waals surface area contributed by atoms with E-state index in [-0.39, 0.29) is 28.9 Å². The van der Waals surface area contributed by atoms with Gasteiger partial charge in [-0.05, 0) is 78.4 Å². The van der Waals surface area contributed by atoms with Crippen molar-refractivity contribution in [3.8, 4) is 17.1 Å². The SMILES string of the molecule is COc1cccc2cc(-c3nc([C@H]4CC[C@H](C(=O)NCCC(C)(C)OCCC(C)(C)N)CC4)n4ncnc(N)c34)[nH]c12. The van der Waals surface area contributed by atoms with Crippen molar-refractivity contribution in [2.75, 3.05) is 26.0 Å². The molecule has 5 rings (SSSR count). The molecule has 1 amide bonds. The summed E-state index contributed by atoms with van der Waals surface area (Å²) in [7, 11) is 1.66. The molecule has 11 nitrogen and oxygen atoms in total. The number of aromatic amines is 1. The number of carbonyl (C=O) groups is 1. The van der Waals surface area contributed by atoms with Crippen LogP contribution in [0, 0.1) is 5.92 Å². The lowest BCUT2D eigenvalue weighted by Crippen LogP contribution is -2.38. The average molecular weight is 577 g/mol. The largest absolute Gasteiger partial charge is 0.495 e. The molecule has 0 saturated heterocycles. The number of H-pyrrole nitrogens is 1. The summed E-state index contributed by atoms with van der Waals surface area (Å²) >= 11 is 0. The third-order valence-corrected chi connectivity index (χ3v) is 8.31. The van der Waals surface area contributed by atoms with Crippen LogP contribution in [0.2, 0.25) is 0 Å². The number of anilines is 1. The molecule has 3 heterocycles. The highest BCUT2D eigenvalue weighted by atomic mass is 16.5. The van der Waals surface area contributed by atoms with Crippen molar-refractivity contribution < 1.29 is 14.3 Å². The van der Waals surface area contributed by atoms with E-state index in [9.17, 15) is 4.79 Å². The zero-order valence-corrected chi connectivity index (χ0v) is 25.4. The third kappa shape index (κ3) is 6.52. The van der Waals surface area contributed by atoms with Gasteiger partial charge in [0.2, 0.25) is 5.91 Å². The van der Waals surface area contributed by atoms with Gasteiger partial charge in [-0.2, -0.15) is 5.10 Å². The molecule has 11 heteroatoms. The van der Waals surface area contributed by atoms with E-state index in [4.69, 9.17) is 25.9 Å². The maximum absolute atomic E-state index is 13.0. The summed E-state index contributed by atoms with van der Waals surface area (Å²) in [4.78, 5) is 25.8. The van der Waals surface area contributed by atoms with Crippen LogP contribution >= 0.6 is 0 Å². The molecule has 0 bridgehead atoms. The number of carbonyl (C=O) groups excluding carboxylic acids is 1. The number of rotatable bonds is 11. The molecular formula is C31H44N8O3. The molecule has 1 aromatic carbocycles. The number of nitrogens with zero attached hydrogens (tertiary/aromatic N) is 4. The Morgan fingerprint density at radius 1 is 1.17 bits per heavy atom. The number of amides is 1. The molecule has 1 fully saturated rings. The van der Waals surface area contributed by atoms with Crippen molar-refractivity contribution in [2.24, 2.45) is 11.7 Å². The lowest BCUT2D eigenvalue weighted by molar-refractivity contribution is -0.126. The minimum atomic E-state index is -0.324. The van der Waals surface area contributed by atoms with Crippen molar-refractivity contribution in [2.45, 2.75) is 83.3 Å². The van der Waals surface area contributed by atoms with Crippen LogP contribution in [0.25, 0.3) is 27.8 Å². The van der Waals surface area contributed by atoms with Crippen molar-refractivity contribution in [3.05, 3.63) is 36.4 Å². The molecule has 4 aromatic rings. The first-order chi connectivity index (χ1) is 20.0. The first-order valence-electron chi connectivity index (χ1n) is 14.8. The fourth-order valence-corrected chi connectivity index (χ4v) is 5.76. The topological polar surface area (TPSA) is 158 Å². The van der Waals surface area contributed by atoms with Gasteiger partial charge in [0.1, 0.15) is 29.1 Å². The molecule has 42 heavy (non-hydrogen) atoms. The minimum absolute atomic E-state index is 0.0186. The van der Waals surface area contributed by atoms with E-state index < -0.39 is 0 Å². The Balaban J connectivity index is 1.24. The molecular weight excluding hydrogens is 532 g/mol. The Morgan fingerprint density at radius 3 is 2.64 bits per heavy atom. The fraction of sp³-hybridized carbons (Fsp3) is 0.548. The van der Waals surface area contributed by atoms with Crippen LogP contribution in [0.1, 0.15) is 78.0 Å². The number of hydrogen-bond donors (Lipinski definition) is 4. The van der Waals surface area contributed by atoms with Crippen LogP contribution in [-0.4, -0.2) is 61.9 Å². The summed E-state index contributed by atoms with van der Waals surface area (Å²) in [5, 5.41) is 8.69. The number of imidazole rings is 1. The van der Waals surface area contributed by atoms with E-state index in [1.54, 1.807) is 7.11 Å². The summed E-state index contributed by atoms with van der Waals surface area (Å²) in [6.45, 7) is 9.29. The zero-order valence-electron chi connectivity index (χ0n) is 25.4. The zero-order chi connectivity index (χ0) is 30.1. The molecule has 0 spiro atoms. The molecule has 0 aliphatic heterocycles. The average Bonchev–Trinajstić information content (AvgIpc) is 3.55. The fourth-order valence-electron chi connectivity index (χ4n) is 5.76. The van der Waals surface area contributed by atoms with E-state index in [0.29, 0.717) is 30.2 Å². The summed E-state index contributed by atoms with van der Waals surface area (Å²) in [6, 6.07) is 7.95. The number of ether oxygens (including phenoxy) is 2. The van der Waals surface area contributed by atoms with Crippen molar-refractivity contribution in [3.63, 3.8) is 0 Å². The van der Waals surface area contributed by atoms with Crippen molar-refractivity contribution in [1.82, 2.24) is 29.9 Å². The van der Waals surface area contributed by atoms with Crippen LogP contribution in [0.15, 0.2) is 30.6 Å². The van der Waals surface area contributed by atoms with E-state index in [0.717, 1.165) is 66.7 Å². The van der Waals surface area contributed by atoms with Gasteiger partial charge in [0, 0.05) is 35.9 Å². The molecule has 6 N–H and O–H groups in total. The highest BCUT2D eigenvalue weighted by Gasteiger charge is 2.31. The number of para-hydroxylation sites is 1. The van der Waals surface area contributed by atoms with E-state index >= 15 is 0 Å². The van der Waals surface area contributed by atoms with Crippen LogP contribution in [0.5, 0.6) is 5.75 Å². The number of nitrogen functional groups attached to an aromatic ring is 1. The maximum Gasteiger partial charge on any atom is 0.223 e. The second-order valence-corrected chi connectivity index (χ2v) is 12.8. The number of methoxy groups -OCH3 is 1. The number of nitrogens with two attached hydrogens (primary N) is 2. The van der Waals surface area contributed by atoms with Gasteiger partial charge in [-0.3, -0.25) is 4.79 Å². The second-order valence-electron chi connectivity index (χ2n) is 12.8. The number of nitrogens with one attached hydrogen (secondary N) is 2. The summed E-state index contributed by atoms with van der Waals surface area (Å²) < 4.78 is 13.4. The van der Waals surface area contributed by atoms with Crippen LogP contribution in [0.3, 0.4) is 0 Å². The molecule has 0 unspecified atom stereocenters. The van der Waals surface area contributed by atoms with Crippen LogP contribution in [0.4, 0.5) is 5.82 Å². The summed E-state index contributed by atoms with van der Waals surface area (Å²) in [5.41, 5.74) is 14.9. The Morgan fingerprint density at radius 2 is 1.93 bits per heavy atom. The van der Waals surface area contributed by atoms with Gasteiger partial charge >= 0.3 is 0 Å².